The molecule has 1 aliphatic heterocycles. The Bertz CT molecular complexity index is 355. The summed E-state index contributed by atoms with van der Waals surface area (Å²) in [6, 6.07) is 0. The lowest BCUT2D eigenvalue weighted by Crippen LogP contribution is -2.49. The second-order valence-corrected chi connectivity index (χ2v) is 5.91. The molecule has 0 aromatic heterocycles. The van der Waals surface area contributed by atoms with Crippen LogP contribution in [0.15, 0.2) is 0 Å². The van der Waals surface area contributed by atoms with Gasteiger partial charge in [0.05, 0.1) is 0 Å². The molecule has 0 aromatic rings. The third-order valence-corrected chi connectivity index (χ3v) is 4.95. The number of piperazine rings is 1. The molecule has 0 N–H and O–H groups in total. The SMILES string of the molecule is C#CCCN1CCN(C(=O)C2C3CCCC32)CC1. The summed E-state index contributed by atoms with van der Waals surface area (Å²) in [5.41, 5.74) is 0. The fourth-order valence-electron chi connectivity index (χ4n) is 3.81. The molecule has 3 fully saturated rings. The molecular weight excluding hydrogens is 224 g/mol. The van der Waals surface area contributed by atoms with Gasteiger partial charge in [-0.3, -0.25) is 9.69 Å². The molecule has 2 atom stereocenters. The van der Waals surface area contributed by atoms with Crippen molar-refractivity contribution in [1.82, 2.24) is 9.80 Å². The van der Waals surface area contributed by atoms with Crippen molar-refractivity contribution in [2.45, 2.75) is 25.7 Å². The molecule has 1 saturated heterocycles. The predicted molar refractivity (Wildman–Crippen MR) is 70.8 cm³/mol. The number of hydrogen-bond donors (Lipinski definition) is 0. The van der Waals surface area contributed by atoms with Crippen molar-refractivity contribution in [3.05, 3.63) is 0 Å². The molecule has 0 aromatic carbocycles. The molecule has 1 amide bonds. The second kappa shape index (κ2) is 4.93. The van der Waals surface area contributed by atoms with Crippen molar-refractivity contribution in [2.75, 3.05) is 32.7 Å². The Kier molecular flexibility index (Phi) is 3.30. The molecule has 1 heterocycles. The van der Waals surface area contributed by atoms with Crippen LogP contribution in [0.3, 0.4) is 0 Å². The number of carbonyl (C=O) groups is 1. The van der Waals surface area contributed by atoms with E-state index in [1.807, 2.05) is 0 Å². The highest BCUT2D eigenvalue weighted by Gasteiger charge is 2.57. The first kappa shape index (κ1) is 12.0. The highest BCUT2D eigenvalue weighted by molar-refractivity contribution is 5.82. The molecule has 2 unspecified atom stereocenters. The summed E-state index contributed by atoms with van der Waals surface area (Å²) in [5, 5.41) is 0. The lowest BCUT2D eigenvalue weighted by Gasteiger charge is -2.34. The van der Waals surface area contributed by atoms with E-state index in [0.717, 1.165) is 51.0 Å². The number of amides is 1. The number of hydrogen-bond acceptors (Lipinski definition) is 2. The highest BCUT2D eigenvalue weighted by atomic mass is 16.2. The molecule has 0 radical (unpaired) electrons. The van der Waals surface area contributed by atoms with Gasteiger partial charge in [-0.05, 0) is 24.7 Å². The van der Waals surface area contributed by atoms with Crippen molar-refractivity contribution in [3.63, 3.8) is 0 Å². The largest absolute Gasteiger partial charge is 0.340 e. The van der Waals surface area contributed by atoms with Crippen LogP contribution in [0.2, 0.25) is 0 Å². The van der Waals surface area contributed by atoms with Crippen LogP contribution in [0.5, 0.6) is 0 Å². The zero-order chi connectivity index (χ0) is 12.5. The van der Waals surface area contributed by atoms with Gasteiger partial charge in [0, 0.05) is 45.1 Å². The molecule has 0 bridgehead atoms. The van der Waals surface area contributed by atoms with Gasteiger partial charge in [-0.2, -0.15) is 0 Å². The molecule has 0 spiro atoms. The molecule has 2 aliphatic carbocycles. The van der Waals surface area contributed by atoms with Gasteiger partial charge in [0.2, 0.25) is 5.91 Å². The van der Waals surface area contributed by atoms with E-state index in [0.29, 0.717) is 11.8 Å². The van der Waals surface area contributed by atoms with Gasteiger partial charge in [0.15, 0.2) is 0 Å². The Morgan fingerprint density at radius 1 is 1.17 bits per heavy atom. The first-order chi connectivity index (χ1) is 8.81. The third-order valence-electron chi connectivity index (χ3n) is 4.95. The van der Waals surface area contributed by atoms with E-state index in [4.69, 9.17) is 6.42 Å². The monoisotopic (exact) mass is 246 g/mol. The Morgan fingerprint density at radius 3 is 2.44 bits per heavy atom. The summed E-state index contributed by atoms with van der Waals surface area (Å²) in [5.74, 6) is 5.02. The van der Waals surface area contributed by atoms with Crippen LogP contribution >= 0.6 is 0 Å². The highest BCUT2D eigenvalue weighted by Crippen LogP contribution is 2.58. The van der Waals surface area contributed by atoms with E-state index in [2.05, 4.69) is 15.7 Å². The van der Waals surface area contributed by atoms with E-state index in [1.165, 1.54) is 19.3 Å². The summed E-state index contributed by atoms with van der Waals surface area (Å²) in [7, 11) is 0. The quantitative estimate of drug-likeness (QED) is 0.699. The first-order valence-corrected chi connectivity index (χ1v) is 7.26. The summed E-state index contributed by atoms with van der Waals surface area (Å²) < 4.78 is 0. The van der Waals surface area contributed by atoms with Crippen molar-refractivity contribution in [2.24, 2.45) is 17.8 Å². The lowest BCUT2D eigenvalue weighted by molar-refractivity contribution is -0.135. The standard InChI is InChI=1S/C15H22N2O/c1-2-3-7-16-8-10-17(11-9-16)15(18)14-12-5-4-6-13(12)14/h1,12-14H,3-11H2. The minimum absolute atomic E-state index is 0.399. The van der Waals surface area contributed by atoms with E-state index < -0.39 is 0 Å². The maximum absolute atomic E-state index is 12.4. The topological polar surface area (TPSA) is 23.6 Å². The van der Waals surface area contributed by atoms with Gasteiger partial charge in [-0.15, -0.1) is 12.3 Å². The number of terminal acetylenes is 1. The van der Waals surface area contributed by atoms with Crippen LogP contribution < -0.4 is 0 Å². The lowest BCUT2D eigenvalue weighted by atomic mass is 10.1. The number of rotatable bonds is 3. The zero-order valence-corrected chi connectivity index (χ0v) is 11.0. The maximum Gasteiger partial charge on any atom is 0.226 e. The average Bonchev–Trinajstić information content (AvgIpc) is 2.88. The van der Waals surface area contributed by atoms with E-state index >= 15 is 0 Å². The van der Waals surface area contributed by atoms with Crippen LogP contribution in [-0.4, -0.2) is 48.4 Å². The molecule has 3 nitrogen and oxygen atoms in total. The third kappa shape index (κ3) is 2.14. The molecule has 98 valence electrons. The normalized spacial score (nSPS) is 35.1. The van der Waals surface area contributed by atoms with Crippen molar-refractivity contribution >= 4 is 5.91 Å². The summed E-state index contributed by atoms with van der Waals surface area (Å²) in [6.45, 7) is 4.77. The predicted octanol–water partition coefficient (Wildman–Crippen LogP) is 1.20. The second-order valence-electron chi connectivity index (χ2n) is 5.91. The smallest absolute Gasteiger partial charge is 0.226 e. The number of carbonyl (C=O) groups excluding carboxylic acids is 1. The van der Waals surface area contributed by atoms with Gasteiger partial charge in [0.1, 0.15) is 0 Å². The van der Waals surface area contributed by atoms with Crippen LogP contribution in [0.1, 0.15) is 25.7 Å². The van der Waals surface area contributed by atoms with Gasteiger partial charge in [-0.1, -0.05) is 6.42 Å². The Labute approximate surface area is 110 Å². The van der Waals surface area contributed by atoms with Gasteiger partial charge in [0.25, 0.3) is 0 Å². The summed E-state index contributed by atoms with van der Waals surface area (Å²) in [6.07, 6.45) is 10.0. The Hall–Kier alpha value is -1.01. The van der Waals surface area contributed by atoms with E-state index in [-0.39, 0.29) is 0 Å². The molecule has 18 heavy (non-hydrogen) atoms. The van der Waals surface area contributed by atoms with Crippen LogP contribution in [0, 0.1) is 30.1 Å². The van der Waals surface area contributed by atoms with E-state index in [9.17, 15) is 4.79 Å². The fraction of sp³-hybridized carbons (Fsp3) is 0.800. The van der Waals surface area contributed by atoms with Crippen molar-refractivity contribution < 1.29 is 4.79 Å². The minimum atomic E-state index is 0.399. The molecular formula is C15H22N2O. The number of nitrogens with zero attached hydrogens (tertiary/aromatic N) is 2. The molecule has 2 saturated carbocycles. The zero-order valence-electron chi connectivity index (χ0n) is 11.0. The maximum atomic E-state index is 12.4. The fourth-order valence-corrected chi connectivity index (χ4v) is 3.81. The van der Waals surface area contributed by atoms with Gasteiger partial charge >= 0.3 is 0 Å². The molecule has 3 aliphatic rings. The Morgan fingerprint density at radius 2 is 1.83 bits per heavy atom. The summed E-state index contributed by atoms with van der Waals surface area (Å²) in [4.78, 5) is 16.8. The minimum Gasteiger partial charge on any atom is -0.340 e. The van der Waals surface area contributed by atoms with Crippen LogP contribution in [0.25, 0.3) is 0 Å². The van der Waals surface area contributed by atoms with Crippen LogP contribution in [-0.2, 0) is 4.79 Å². The van der Waals surface area contributed by atoms with E-state index in [1.54, 1.807) is 0 Å². The number of fused-ring (bicyclic) bond motifs is 1. The van der Waals surface area contributed by atoms with Gasteiger partial charge < -0.3 is 4.90 Å². The average molecular weight is 246 g/mol. The molecule has 3 rings (SSSR count). The molecule has 3 heteroatoms. The van der Waals surface area contributed by atoms with Crippen molar-refractivity contribution in [1.29, 1.82) is 0 Å². The first-order valence-electron chi connectivity index (χ1n) is 7.26. The summed E-state index contributed by atoms with van der Waals surface area (Å²) >= 11 is 0. The Balaban J connectivity index is 1.45. The van der Waals surface area contributed by atoms with Crippen molar-refractivity contribution in [3.8, 4) is 12.3 Å². The van der Waals surface area contributed by atoms with Gasteiger partial charge in [-0.25, -0.2) is 0 Å². The van der Waals surface area contributed by atoms with Crippen LogP contribution in [0.4, 0.5) is 0 Å².